The van der Waals surface area contributed by atoms with Gasteiger partial charge in [-0.15, -0.1) is 0 Å². The second-order valence-corrected chi connectivity index (χ2v) is 23.9. The van der Waals surface area contributed by atoms with E-state index in [1.165, 1.54) is 154 Å². The summed E-state index contributed by atoms with van der Waals surface area (Å²) in [6, 6.07) is -0.990. The summed E-state index contributed by atoms with van der Waals surface area (Å²) < 4.78 is 34.3. The van der Waals surface area contributed by atoms with Crippen LogP contribution in [0.4, 0.5) is 0 Å². The van der Waals surface area contributed by atoms with Crippen LogP contribution in [0.5, 0.6) is 0 Å². The van der Waals surface area contributed by atoms with Crippen molar-refractivity contribution in [2.75, 3.05) is 26.4 Å². The summed E-state index contributed by atoms with van der Waals surface area (Å²) in [7, 11) is 0. The molecule has 0 radical (unpaired) electrons. The monoisotopic (exact) mass is 1200 g/mol. The topological polar surface area (TPSA) is 307 Å². The van der Waals surface area contributed by atoms with Crippen LogP contribution in [0, 0.1) is 0 Å². The van der Waals surface area contributed by atoms with E-state index in [-0.39, 0.29) is 18.9 Å². The van der Waals surface area contributed by atoms with Crippen molar-refractivity contribution < 1.29 is 89.4 Å². The third-order valence-corrected chi connectivity index (χ3v) is 16.7. The highest BCUT2D eigenvalue weighted by atomic mass is 16.8. The van der Waals surface area contributed by atoms with Gasteiger partial charge in [-0.3, -0.25) is 4.79 Å². The second-order valence-electron chi connectivity index (χ2n) is 23.9. The van der Waals surface area contributed by atoms with Crippen molar-refractivity contribution >= 4 is 5.91 Å². The number of rotatable bonds is 50. The molecular formula is C65H119NO18. The quantitative estimate of drug-likeness (QED) is 0.0205. The smallest absolute Gasteiger partial charge is 0.220 e. The number of carbonyl (C=O) groups excluding carboxylic acids is 1. The van der Waals surface area contributed by atoms with Crippen molar-refractivity contribution in [1.29, 1.82) is 0 Å². The fourth-order valence-electron chi connectivity index (χ4n) is 11.2. The molecule has 17 atom stereocenters. The van der Waals surface area contributed by atoms with Crippen molar-refractivity contribution in [2.24, 2.45) is 0 Å². The van der Waals surface area contributed by atoms with Gasteiger partial charge in [0, 0.05) is 6.42 Å². The zero-order valence-electron chi connectivity index (χ0n) is 51.6. The van der Waals surface area contributed by atoms with E-state index in [4.69, 9.17) is 28.4 Å². The molecule has 12 N–H and O–H groups in total. The summed E-state index contributed by atoms with van der Waals surface area (Å²) in [5.74, 6) is -0.286. The lowest BCUT2D eigenvalue weighted by Crippen LogP contribution is -2.66. The molecule has 0 saturated carbocycles. The number of nitrogens with one attached hydrogen (secondary N) is 1. The molecule has 0 aliphatic carbocycles. The molecule has 3 rings (SSSR count). The van der Waals surface area contributed by atoms with E-state index in [2.05, 4.69) is 43.5 Å². The lowest BCUT2D eigenvalue weighted by molar-refractivity contribution is -0.379. The Balaban J connectivity index is 1.48. The van der Waals surface area contributed by atoms with Crippen LogP contribution < -0.4 is 5.32 Å². The Morgan fingerprint density at radius 1 is 0.417 bits per heavy atom. The Labute approximate surface area is 504 Å². The van der Waals surface area contributed by atoms with Gasteiger partial charge in [0.1, 0.15) is 73.2 Å². The molecule has 3 fully saturated rings. The van der Waals surface area contributed by atoms with E-state index in [0.29, 0.717) is 12.8 Å². The van der Waals surface area contributed by atoms with E-state index < -0.39 is 124 Å². The largest absolute Gasteiger partial charge is 0.394 e. The Morgan fingerprint density at radius 3 is 1.19 bits per heavy atom. The van der Waals surface area contributed by atoms with Gasteiger partial charge in [-0.25, -0.2) is 0 Å². The first-order chi connectivity index (χ1) is 40.8. The first kappa shape index (κ1) is 76.3. The summed E-state index contributed by atoms with van der Waals surface area (Å²) in [4.78, 5) is 13.4. The van der Waals surface area contributed by atoms with Crippen molar-refractivity contribution in [2.45, 2.75) is 343 Å². The Hall–Kier alpha value is -1.99. The number of hydrogen-bond acceptors (Lipinski definition) is 18. The summed E-state index contributed by atoms with van der Waals surface area (Å²) in [6.07, 6.45) is 26.9. The Morgan fingerprint density at radius 2 is 0.762 bits per heavy atom. The first-order valence-corrected chi connectivity index (χ1v) is 33.2. The van der Waals surface area contributed by atoms with Gasteiger partial charge in [-0.05, 0) is 57.8 Å². The molecule has 3 saturated heterocycles. The molecule has 19 nitrogen and oxygen atoms in total. The number of amides is 1. The van der Waals surface area contributed by atoms with Gasteiger partial charge in [0.05, 0.1) is 38.6 Å². The van der Waals surface area contributed by atoms with Crippen LogP contribution in [0.3, 0.4) is 0 Å². The standard InChI is InChI=1S/C65H119NO18/c1-3-5-7-9-11-13-15-17-19-21-23-24-25-27-29-31-33-35-37-39-41-43-53(71)66-48(49(70)42-40-38-36-34-32-30-28-26-22-20-18-16-14-12-10-8-6-4-2)47-79-63-59(77)56(74)61(51(45-68)81-63)84-65-60(78)57(75)62(52(46-69)82-65)83-64-58(76)55(73)54(72)50(44-67)80-64/h21,23,32,34,40,42,48-52,54-65,67-70,72-78H,3-20,22,24-31,33,35-39,41,43-47H2,1-2H3,(H,66,71)/b23-21-,34-32+,42-40+. The molecule has 492 valence electrons. The van der Waals surface area contributed by atoms with Crippen LogP contribution in [-0.4, -0.2) is 193 Å². The van der Waals surface area contributed by atoms with Gasteiger partial charge in [0.15, 0.2) is 18.9 Å². The van der Waals surface area contributed by atoms with Crippen molar-refractivity contribution in [1.82, 2.24) is 5.32 Å². The predicted octanol–water partition coefficient (Wildman–Crippen LogP) is 7.66. The normalized spacial score (nSPS) is 29.4. The number of carbonyl (C=O) groups is 1. The van der Waals surface area contributed by atoms with Gasteiger partial charge < -0.3 is 89.9 Å². The molecule has 0 aromatic carbocycles. The third-order valence-electron chi connectivity index (χ3n) is 16.7. The van der Waals surface area contributed by atoms with Crippen molar-refractivity contribution in [3.63, 3.8) is 0 Å². The average Bonchev–Trinajstić information content (AvgIpc) is 2.76. The molecule has 3 heterocycles. The molecule has 17 unspecified atom stereocenters. The average molecular weight is 1200 g/mol. The Kier molecular flexibility index (Phi) is 43.5. The minimum atomic E-state index is -1.98. The zero-order chi connectivity index (χ0) is 61.2. The maximum Gasteiger partial charge on any atom is 0.220 e. The number of ether oxygens (including phenoxy) is 6. The van der Waals surface area contributed by atoms with E-state index in [1.54, 1.807) is 6.08 Å². The van der Waals surface area contributed by atoms with E-state index in [0.717, 1.165) is 51.4 Å². The molecule has 0 aromatic heterocycles. The second kappa shape index (κ2) is 47.9. The highest BCUT2D eigenvalue weighted by Gasteiger charge is 2.53. The number of aliphatic hydroxyl groups is 11. The van der Waals surface area contributed by atoms with Crippen LogP contribution in [0.2, 0.25) is 0 Å². The maximum atomic E-state index is 13.4. The fourth-order valence-corrected chi connectivity index (χ4v) is 11.2. The van der Waals surface area contributed by atoms with Crippen molar-refractivity contribution in [3.8, 4) is 0 Å². The summed E-state index contributed by atoms with van der Waals surface area (Å²) in [5.41, 5.74) is 0. The van der Waals surface area contributed by atoms with Crippen LogP contribution in [-0.2, 0) is 33.2 Å². The Bertz CT molecular complexity index is 1670. The zero-order valence-corrected chi connectivity index (χ0v) is 51.6. The molecular weight excluding hydrogens is 1080 g/mol. The number of allylic oxidation sites excluding steroid dienone is 5. The maximum absolute atomic E-state index is 13.4. The van der Waals surface area contributed by atoms with Gasteiger partial charge >= 0.3 is 0 Å². The molecule has 3 aliphatic heterocycles. The number of hydrogen-bond donors (Lipinski definition) is 12. The number of unbranched alkanes of at least 4 members (excludes halogenated alkanes) is 30. The van der Waals surface area contributed by atoms with E-state index in [9.17, 15) is 61.0 Å². The van der Waals surface area contributed by atoms with E-state index in [1.807, 2.05) is 6.08 Å². The number of aliphatic hydroxyl groups excluding tert-OH is 11. The summed E-state index contributed by atoms with van der Waals surface area (Å²) in [6.45, 7) is 1.72. The molecule has 84 heavy (non-hydrogen) atoms. The van der Waals surface area contributed by atoms with Gasteiger partial charge in [-0.1, -0.05) is 211 Å². The SMILES string of the molecule is CCCCCCCCCC/C=C\CCCCCCCCCCCC(=O)NC(COC1OC(CO)C(OC2OC(CO)C(OC3OC(CO)C(O)C(O)C3O)C(O)C2O)C(O)C1O)C(O)/C=C/CC/C=C/CCCCCCCCCCCCCC. The minimum Gasteiger partial charge on any atom is -0.394 e. The van der Waals surface area contributed by atoms with Gasteiger partial charge in [0.25, 0.3) is 0 Å². The lowest BCUT2D eigenvalue weighted by Gasteiger charge is -2.48. The van der Waals surface area contributed by atoms with E-state index >= 15 is 0 Å². The third kappa shape index (κ3) is 30.5. The molecule has 1 amide bonds. The van der Waals surface area contributed by atoms with Crippen LogP contribution in [0.15, 0.2) is 36.5 Å². The summed E-state index contributed by atoms with van der Waals surface area (Å²) in [5, 5.41) is 120. The molecule has 0 aromatic rings. The first-order valence-electron chi connectivity index (χ1n) is 33.2. The predicted molar refractivity (Wildman–Crippen MR) is 323 cm³/mol. The van der Waals surface area contributed by atoms with Crippen LogP contribution in [0.25, 0.3) is 0 Å². The van der Waals surface area contributed by atoms with Crippen LogP contribution in [0.1, 0.15) is 239 Å². The van der Waals surface area contributed by atoms with Crippen molar-refractivity contribution in [3.05, 3.63) is 36.5 Å². The van der Waals surface area contributed by atoms with Gasteiger partial charge in [-0.2, -0.15) is 0 Å². The van der Waals surface area contributed by atoms with Gasteiger partial charge in [0.2, 0.25) is 5.91 Å². The summed E-state index contributed by atoms with van der Waals surface area (Å²) >= 11 is 0. The molecule has 3 aliphatic rings. The molecule has 19 heteroatoms. The highest BCUT2D eigenvalue weighted by molar-refractivity contribution is 5.76. The molecule has 0 spiro atoms. The fraction of sp³-hybridized carbons (Fsp3) is 0.892. The highest BCUT2D eigenvalue weighted by Crippen LogP contribution is 2.33. The minimum absolute atomic E-state index is 0.234. The molecule has 0 bridgehead atoms. The van der Waals surface area contributed by atoms with Crippen LogP contribution >= 0.6 is 0 Å². The lowest BCUT2D eigenvalue weighted by atomic mass is 9.96.